The van der Waals surface area contributed by atoms with Crippen LogP contribution >= 0.6 is 0 Å². The van der Waals surface area contributed by atoms with Gasteiger partial charge < -0.3 is 30.3 Å². The summed E-state index contributed by atoms with van der Waals surface area (Å²) < 4.78 is 11.1. The number of rotatable bonds is 8. The van der Waals surface area contributed by atoms with Crippen LogP contribution in [0.5, 0.6) is 0 Å². The summed E-state index contributed by atoms with van der Waals surface area (Å²) in [6.07, 6.45) is 1.91. The number of carboxylic acids is 2. The molecule has 4 saturated carbocycles. The Bertz CT molecular complexity index is 1910. The lowest BCUT2D eigenvalue weighted by molar-refractivity contribution is -0.143. The zero-order valence-corrected chi connectivity index (χ0v) is 29.6. The van der Waals surface area contributed by atoms with E-state index in [0.29, 0.717) is 24.7 Å². The second-order valence-corrected chi connectivity index (χ2v) is 15.6. The average molecular weight is 727 g/mol. The van der Waals surface area contributed by atoms with Gasteiger partial charge in [-0.2, -0.15) is 0 Å². The van der Waals surface area contributed by atoms with Gasteiger partial charge in [-0.1, -0.05) is 97.1 Å². The van der Waals surface area contributed by atoms with Crippen molar-refractivity contribution in [3.8, 4) is 22.3 Å². The van der Waals surface area contributed by atoms with Crippen LogP contribution in [0.4, 0.5) is 9.59 Å². The summed E-state index contributed by atoms with van der Waals surface area (Å²) >= 11 is 0. The van der Waals surface area contributed by atoms with E-state index in [1.165, 1.54) is 44.5 Å². The first kappa shape index (κ1) is 34.1. The van der Waals surface area contributed by atoms with E-state index in [2.05, 4.69) is 59.2 Å². The van der Waals surface area contributed by atoms with E-state index < -0.39 is 24.1 Å². The highest BCUT2D eigenvalue weighted by Gasteiger charge is 2.58. The predicted molar refractivity (Wildman–Crippen MR) is 199 cm³/mol. The fourth-order valence-electron chi connectivity index (χ4n) is 10.1. The molecule has 0 heterocycles. The Morgan fingerprint density at radius 1 is 0.481 bits per heavy atom. The van der Waals surface area contributed by atoms with E-state index in [4.69, 9.17) is 9.47 Å². The molecule has 10 rings (SSSR count). The molecule has 276 valence electrons. The standard InChI is InChI=1S/2C22H21NO4/c2*24-21(25)18-10-20(17-9-16(17)18)23-22(26)27-11-19-14-7-3-1-5-12(14)13-6-2-4-8-15(13)19/h2*1-8,16-20H,9-11H2,(H,23,26)(H,24,25)/t2*16-,17+,18-,20+/m10/s1. The van der Waals surface area contributed by atoms with Gasteiger partial charge in [-0.3, -0.25) is 9.59 Å². The van der Waals surface area contributed by atoms with Crippen LogP contribution in [0.1, 0.15) is 59.8 Å². The van der Waals surface area contributed by atoms with Gasteiger partial charge in [0.05, 0.1) is 11.8 Å². The number of ether oxygens (including phenoxy) is 2. The molecule has 4 aromatic carbocycles. The third-order valence-electron chi connectivity index (χ3n) is 12.8. The lowest BCUT2D eigenvalue weighted by Gasteiger charge is -2.18. The molecule has 54 heavy (non-hydrogen) atoms. The number of hydrogen-bond donors (Lipinski definition) is 4. The Balaban J connectivity index is 0.000000142. The number of carbonyl (C=O) groups excluding carboxylic acids is 2. The van der Waals surface area contributed by atoms with Gasteiger partial charge in [0, 0.05) is 23.9 Å². The quantitative estimate of drug-likeness (QED) is 0.148. The van der Waals surface area contributed by atoms with Crippen LogP contribution in [0.3, 0.4) is 0 Å². The van der Waals surface area contributed by atoms with Crippen molar-refractivity contribution >= 4 is 24.1 Å². The molecule has 6 aliphatic rings. The Morgan fingerprint density at radius 2 is 0.796 bits per heavy atom. The van der Waals surface area contributed by atoms with E-state index in [1.54, 1.807) is 0 Å². The zero-order valence-electron chi connectivity index (χ0n) is 29.6. The minimum absolute atomic E-state index is 0.0344. The molecule has 2 amide bonds. The van der Waals surface area contributed by atoms with Gasteiger partial charge >= 0.3 is 24.1 Å². The number of carboxylic acid groups (broad SMARTS) is 2. The van der Waals surface area contributed by atoms with Gasteiger partial charge in [0.1, 0.15) is 13.2 Å². The van der Waals surface area contributed by atoms with Gasteiger partial charge in [0.25, 0.3) is 0 Å². The fraction of sp³-hybridized carbons (Fsp3) is 0.364. The van der Waals surface area contributed by atoms with Crippen LogP contribution in [0.25, 0.3) is 22.3 Å². The van der Waals surface area contributed by atoms with Crippen molar-refractivity contribution < 1.29 is 38.9 Å². The average Bonchev–Trinajstić information content (AvgIpc) is 4.02. The first-order chi connectivity index (χ1) is 26.3. The molecule has 10 nitrogen and oxygen atoms in total. The number of amides is 2. The second-order valence-electron chi connectivity index (χ2n) is 15.6. The number of aliphatic carboxylic acids is 2. The van der Waals surface area contributed by atoms with Crippen molar-refractivity contribution in [1.29, 1.82) is 0 Å². The van der Waals surface area contributed by atoms with E-state index >= 15 is 0 Å². The molecule has 4 fully saturated rings. The smallest absolute Gasteiger partial charge is 0.407 e. The highest BCUT2D eigenvalue weighted by molar-refractivity contribution is 5.80. The van der Waals surface area contributed by atoms with Crippen molar-refractivity contribution in [3.63, 3.8) is 0 Å². The summed E-state index contributed by atoms with van der Waals surface area (Å²) in [5.41, 5.74) is 9.51. The van der Waals surface area contributed by atoms with Crippen LogP contribution in [-0.2, 0) is 19.1 Å². The monoisotopic (exact) mass is 726 g/mol. The summed E-state index contributed by atoms with van der Waals surface area (Å²) in [4.78, 5) is 47.2. The molecule has 4 aromatic rings. The molecular weight excluding hydrogens is 684 g/mol. The third-order valence-corrected chi connectivity index (χ3v) is 12.8. The van der Waals surface area contributed by atoms with E-state index in [9.17, 15) is 29.4 Å². The Labute approximate surface area is 312 Å². The summed E-state index contributed by atoms with van der Waals surface area (Å²) in [5.74, 6) is -1.04. The van der Waals surface area contributed by atoms with Crippen molar-refractivity contribution in [2.45, 2.75) is 49.6 Å². The predicted octanol–water partition coefficient (Wildman–Crippen LogP) is 7.27. The number of nitrogens with one attached hydrogen (secondary N) is 2. The van der Waals surface area contributed by atoms with Crippen LogP contribution in [0.2, 0.25) is 0 Å². The summed E-state index contributed by atoms with van der Waals surface area (Å²) in [5, 5.41) is 24.3. The van der Waals surface area contributed by atoms with Crippen LogP contribution in [-0.4, -0.2) is 59.6 Å². The molecular formula is C44H42N2O8. The normalized spacial score (nSPS) is 27.4. The fourth-order valence-corrected chi connectivity index (χ4v) is 10.1. The van der Waals surface area contributed by atoms with Gasteiger partial charge in [-0.15, -0.1) is 0 Å². The van der Waals surface area contributed by atoms with Gasteiger partial charge in [-0.25, -0.2) is 9.59 Å². The molecule has 0 unspecified atom stereocenters. The van der Waals surface area contributed by atoms with Crippen LogP contribution < -0.4 is 10.6 Å². The molecule has 0 saturated heterocycles. The number of carbonyl (C=O) groups is 4. The Kier molecular flexibility index (Phi) is 8.63. The molecule has 4 N–H and O–H groups in total. The second kappa shape index (κ2) is 13.6. The summed E-state index contributed by atoms with van der Waals surface area (Å²) in [6, 6.07) is 32.7. The maximum absolute atomic E-state index is 12.3. The molecule has 6 aliphatic carbocycles. The Hall–Kier alpha value is -5.64. The molecule has 0 spiro atoms. The maximum atomic E-state index is 12.3. The van der Waals surface area contributed by atoms with E-state index in [1.807, 2.05) is 48.5 Å². The van der Waals surface area contributed by atoms with Crippen LogP contribution in [0.15, 0.2) is 97.1 Å². The van der Waals surface area contributed by atoms with Crippen molar-refractivity contribution in [2.24, 2.45) is 35.5 Å². The minimum Gasteiger partial charge on any atom is -0.481 e. The number of benzene rings is 4. The summed E-state index contributed by atoms with van der Waals surface area (Å²) in [6.45, 7) is 0.562. The Morgan fingerprint density at radius 3 is 1.09 bits per heavy atom. The third kappa shape index (κ3) is 6.17. The first-order valence-electron chi connectivity index (χ1n) is 19.0. The number of fused-ring (bicyclic) bond motifs is 8. The van der Waals surface area contributed by atoms with Crippen LogP contribution in [0, 0.1) is 35.5 Å². The topological polar surface area (TPSA) is 151 Å². The van der Waals surface area contributed by atoms with Crippen molar-refractivity contribution in [1.82, 2.24) is 10.6 Å². The van der Waals surface area contributed by atoms with E-state index in [0.717, 1.165) is 12.8 Å². The van der Waals surface area contributed by atoms with Crippen molar-refractivity contribution in [2.75, 3.05) is 13.2 Å². The molecule has 8 atom stereocenters. The minimum atomic E-state index is -0.751. The molecule has 10 heteroatoms. The van der Waals surface area contributed by atoms with Crippen molar-refractivity contribution in [3.05, 3.63) is 119 Å². The molecule has 0 aliphatic heterocycles. The highest BCUT2D eigenvalue weighted by atomic mass is 16.6. The van der Waals surface area contributed by atoms with Gasteiger partial charge in [0.15, 0.2) is 0 Å². The SMILES string of the molecule is O=C(N[C@@H]1C[C@H](C(=O)O)[C@H]2C[C@H]21)OCC1c2ccccc2-c2ccccc21.O=C(N[C@H]1C[C@@H](C(=O)O)[C@@H]2C[C@@H]21)OCC1c2ccccc2-c2ccccc21. The highest BCUT2D eigenvalue weighted by Crippen LogP contribution is 2.56. The molecule has 0 aromatic heterocycles. The molecule has 0 bridgehead atoms. The number of hydrogen-bond acceptors (Lipinski definition) is 6. The molecule has 0 radical (unpaired) electrons. The lowest BCUT2D eigenvalue weighted by atomic mass is 9.98. The largest absolute Gasteiger partial charge is 0.481 e. The van der Waals surface area contributed by atoms with E-state index in [-0.39, 0.29) is 60.8 Å². The lowest BCUT2D eigenvalue weighted by Crippen LogP contribution is -2.37. The number of alkyl carbamates (subject to hydrolysis) is 2. The zero-order chi connectivity index (χ0) is 37.1. The first-order valence-corrected chi connectivity index (χ1v) is 19.0. The van der Waals surface area contributed by atoms with Gasteiger partial charge in [0.2, 0.25) is 0 Å². The maximum Gasteiger partial charge on any atom is 0.407 e. The van der Waals surface area contributed by atoms with Gasteiger partial charge in [-0.05, 0) is 93.9 Å². The summed E-state index contributed by atoms with van der Waals surface area (Å²) in [7, 11) is 0.